The van der Waals surface area contributed by atoms with Crippen LogP contribution in [0.1, 0.15) is 56.8 Å². The van der Waals surface area contributed by atoms with Crippen LogP contribution in [-0.4, -0.2) is 44.6 Å². The Labute approximate surface area is 176 Å². The summed E-state index contributed by atoms with van der Waals surface area (Å²) in [6, 6.07) is 9.28. The first kappa shape index (κ1) is 21.7. The molecular formula is C23H28FN3O3. The minimum absolute atomic E-state index is 0.0941. The number of aromatic nitrogens is 1. The number of carboxylic acid groups (broad SMARTS) is 1. The Morgan fingerprint density at radius 2 is 1.97 bits per heavy atom. The molecule has 6 nitrogen and oxygen atoms in total. The number of benzene rings is 1. The van der Waals surface area contributed by atoms with E-state index in [1.165, 1.54) is 23.2 Å². The van der Waals surface area contributed by atoms with Gasteiger partial charge in [0.25, 0.3) is 5.91 Å². The lowest BCUT2D eigenvalue weighted by atomic mass is 9.87. The number of halogens is 1. The van der Waals surface area contributed by atoms with Crippen LogP contribution in [0.4, 0.5) is 9.18 Å². The van der Waals surface area contributed by atoms with Gasteiger partial charge in [0, 0.05) is 29.4 Å². The predicted octanol–water partition coefficient (Wildman–Crippen LogP) is 4.71. The molecule has 1 aromatic heterocycles. The molecule has 2 amide bonds. The van der Waals surface area contributed by atoms with Gasteiger partial charge in [-0.2, -0.15) is 0 Å². The fraction of sp³-hybridized carbons (Fsp3) is 0.435. The van der Waals surface area contributed by atoms with Gasteiger partial charge in [-0.1, -0.05) is 12.1 Å². The van der Waals surface area contributed by atoms with Crippen molar-refractivity contribution in [3.8, 4) is 11.3 Å². The van der Waals surface area contributed by atoms with E-state index in [1.54, 1.807) is 24.3 Å². The summed E-state index contributed by atoms with van der Waals surface area (Å²) in [7, 11) is 0. The van der Waals surface area contributed by atoms with Gasteiger partial charge in [0.2, 0.25) is 0 Å². The number of hydrogen-bond donors (Lipinski definition) is 2. The molecule has 0 radical (unpaired) electrons. The Kier molecular flexibility index (Phi) is 6.39. The van der Waals surface area contributed by atoms with Gasteiger partial charge in [-0.25, -0.2) is 9.18 Å². The minimum Gasteiger partial charge on any atom is -0.465 e. The Hall–Kier alpha value is -2.96. The van der Waals surface area contributed by atoms with E-state index < -0.39 is 11.6 Å². The Morgan fingerprint density at radius 3 is 2.57 bits per heavy atom. The van der Waals surface area contributed by atoms with Gasteiger partial charge >= 0.3 is 6.09 Å². The van der Waals surface area contributed by atoms with Gasteiger partial charge in [-0.05, 0) is 70.7 Å². The summed E-state index contributed by atoms with van der Waals surface area (Å²) in [5.41, 5.74) is 1.15. The zero-order chi connectivity index (χ0) is 21.9. The van der Waals surface area contributed by atoms with E-state index in [9.17, 15) is 19.1 Å². The molecule has 160 valence electrons. The van der Waals surface area contributed by atoms with E-state index >= 15 is 0 Å². The molecule has 1 fully saturated rings. The van der Waals surface area contributed by atoms with Gasteiger partial charge in [0.15, 0.2) is 0 Å². The van der Waals surface area contributed by atoms with Crippen LogP contribution in [0.5, 0.6) is 0 Å². The van der Waals surface area contributed by atoms with Crippen LogP contribution in [0.3, 0.4) is 0 Å². The predicted molar refractivity (Wildman–Crippen MR) is 113 cm³/mol. The van der Waals surface area contributed by atoms with Gasteiger partial charge in [-0.15, -0.1) is 0 Å². The second-order valence-electron chi connectivity index (χ2n) is 8.76. The molecule has 3 rings (SSSR count). The molecule has 2 aromatic rings. The molecule has 1 aliphatic carbocycles. The molecule has 1 heterocycles. The summed E-state index contributed by atoms with van der Waals surface area (Å²) < 4.78 is 13.4. The molecule has 0 unspecified atom stereocenters. The SMILES string of the molecule is CC(C)(C)N(C(=O)O)[C@H]1CCC[C@@H](NC(=O)c2ccc(-c3cccc(F)c3)nc2)C1. The summed E-state index contributed by atoms with van der Waals surface area (Å²) in [4.78, 5) is 30.2. The number of hydrogen-bond acceptors (Lipinski definition) is 3. The Morgan fingerprint density at radius 1 is 1.20 bits per heavy atom. The third-order valence-corrected chi connectivity index (χ3v) is 5.42. The molecule has 1 aliphatic rings. The van der Waals surface area contributed by atoms with Crippen molar-refractivity contribution in [3.05, 3.63) is 54.0 Å². The van der Waals surface area contributed by atoms with Crippen LogP contribution < -0.4 is 5.32 Å². The molecule has 2 N–H and O–H groups in total. The lowest BCUT2D eigenvalue weighted by Crippen LogP contribution is -2.54. The molecule has 0 bridgehead atoms. The normalized spacial score (nSPS) is 19.2. The first-order valence-electron chi connectivity index (χ1n) is 10.2. The van der Waals surface area contributed by atoms with Gasteiger partial charge < -0.3 is 15.3 Å². The van der Waals surface area contributed by atoms with Crippen molar-refractivity contribution in [2.75, 3.05) is 0 Å². The highest BCUT2D eigenvalue weighted by atomic mass is 19.1. The molecule has 7 heteroatoms. The van der Waals surface area contributed by atoms with Gasteiger partial charge in [0.05, 0.1) is 11.3 Å². The zero-order valence-electron chi connectivity index (χ0n) is 17.6. The average molecular weight is 413 g/mol. The number of pyridine rings is 1. The summed E-state index contributed by atoms with van der Waals surface area (Å²) >= 11 is 0. The quantitative estimate of drug-likeness (QED) is 0.761. The van der Waals surface area contributed by atoms with E-state index in [4.69, 9.17) is 0 Å². The Bertz CT molecular complexity index is 909. The molecule has 1 saturated carbocycles. The third-order valence-electron chi connectivity index (χ3n) is 5.42. The molecule has 0 spiro atoms. The highest BCUT2D eigenvalue weighted by Crippen LogP contribution is 2.29. The second-order valence-corrected chi connectivity index (χ2v) is 8.76. The van der Waals surface area contributed by atoms with Crippen LogP contribution >= 0.6 is 0 Å². The topological polar surface area (TPSA) is 82.5 Å². The van der Waals surface area contributed by atoms with Crippen LogP contribution in [0, 0.1) is 5.82 Å². The molecule has 0 saturated heterocycles. The summed E-state index contributed by atoms with van der Waals surface area (Å²) in [6.45, 7) is 5.65. The van der Waals surface area contributed by atoms with Crippen LogP contribution in [0.25, 0.3) is 11.3 Å². The third kappa shape index (κ3) is 5.14. The van der Waals surface area contributed by atoms with Crippen molar-refractivity contribution in [2.45, 2.75) is 64.1 Å². The first-order valence-corrected chi connectivity index (χ1v) is 10.2. The van der Waals surface area contributed by atoms with E-state index in [0.29, 0.717) is 23.2 Å². The Balaban J connectivity index is 1.66. The largest absolute Gasteiger partial charge is 0.465 e. The monoisotopic (exact) mass is 413 g/mol. The molecule has 2 atom stereocenters. The number of amides is 2. The smallest absolute Gasteiger partial charge is 0.407 e. The second kappa shape index (κ2) is 8.81. The van der Waals surface area contributed by atoms with E-state index in [-0.39, 0.29) is 23.8 Å². The highest BCUT2D eigenvalue weighted by molar-refractivity contribution is 5.94. The zero-order valence-corrected chi connectivity index (χ0v) is 17.6. The molecule has 30 heavy (non-hydrogen) atoms. The molecule has 1 aromatic carbocycles. The maximum absolute atomic E-state index is 13.4. The van der Waals surface area contributed by atoms with Gasteiger partial charge in [0.1, 0.15) is 5.82 Å². The fourth-order valence-electron chi connectivity index (χ4n) is 4.14. The van der Waals surface area contributed by atoms with Crippen molar-refractivity contribution in [1.82, 2.24) is 15.2 Å². The average Bonchev–Trinajstić information content (AvgIpc) is 2.67. The van der Waals surface area contributed by atoms with Crippen molar-refractivity contribution in [3.63, 3.8) is 0 Å². The number of nitrogens with one attached hydrogen (secondary N) is 1. The minimum atomic E-state index is -0.934. The van der Waals surface area contributed by atoms with Crippen LogP contribution in [-0.2, 0) is 0 Å². The lowest BCUT2D eigenvalue weighted by molar-refractivity contribution is 0.0509. The number of carbonyl (C=O) groups excluding carboxylic acids is 1. The highest BCUT2D eigenvalue weighted by Gasteiger charge is 2.36. The number of carbonyl (C=O) groups is 2. The summed E-state index contributed by atoms with van der Waals surface area (Å²) in [5, 5.41) is 12.7. The van der Waals surface area contributed by atoms with Crippen LogP contribution in [0.15, 0.2) is 42.6 Å². The first-order chi connectivity index (χ1) is 14.1. The standard InChI is InChI=1S/C23H28FN3O3/c1-23(2,3)27(22(29)30)19-9-5-8-18(13-19)26-21(28)16-10-11-20(25-14-16)15-6-4-7-17(24)12-15/h4,6-7,10-12,14,18-19H,5,8-9,13H2,1-3H3,(H,26,28)(H,29,30)/t18-,19+/m1/s1. The van der Waals surface area contributed by atoms with E-state index in [2.05, 4.69) is 10.3 Å². The molecule has 0 aliphatic heterocycles. The summed E-state index contributed by atoms with van der Waals surface area (Å²) in [5.74, 6) is -0.579. The maximum Gasteiger partial charge on any atom is 0.407 e. The number of rotatable bonds is 4. The maximum atomic E-state index is 13.4. The van der Waals surface area contributed by atoms with Crippen molar-refractivity contribution in [2.24, 2.45) is 0 Å². The van der Waals surface area contributed by atoms with Crippen molar-refractivity contribution in [1.29, 1.82) is 0 Å². The van der Waals surface area contributed by atoms with E-state index in [1.807, 2.05) is 20.8 Å². The fourth-order valence-corrected chi connectivity index (χ4v) is 4.14. The van der Waals surface area contributed by atoms with Gasteiger partial charge in [-0.3, -0.25) is 9.78 Å². The molecular weight excluding hydrogens is 385 g/mol. The number of nitrogens with zero attached hydrogens (tertiary/aromatic N) is 2. The summed E-state index contributed by atoms with van der Waals surface area (Å²) in [6.07, 6.45) is 3.59. The van der Waals surface area contributed by atoms with Crippen molar-refractivity contribution >= 4 is 12.0 Å². The van der Waals surface area contributed by atoms with E-state index in [0.717, 1.165) is 19.3 Å². The van der Waals surface area contributed by atoms with Crippen LogP contribution in [0.2, 0.25) is 0 Å². The van der Waals surface area contributed by atoms with Crippen molar-refractivity contribution < 1.29 is 19.1 Å². The lowest BCUT2D eigenvalue weighted by Gasteiger charge is -2.43.